The molecule has 442 valence electrons. The van der Waals surface area contributed by atoms with Crippen LogP contribution in [-0.4, -0.2) is 164 Å². The third-order valence-corrected chi connectivity index (χ3v) is 12.8. The number of primary amides is 2. The lowest BCUT2D eigenvalue weighted by Gasteiger charge is -2.28. The van der Waals surface area contributed by atoms with Crippen molar-refractivity contribution in [2.24, 2.45) is 23.3 Å². The van der Waals surface area contributed by atoms with Crippen molar-refractivity contribution in [1.82, 2.24) is 62.8 Å². The third kappa shape index (κ3) is 22.5. The number of fused-ring (bicyclic) bond motifs is 1. The molecule has 0 spiro atoms. The van der Waals surface area contributed by atoms with Crippen LogP contribution in [0.25, 0.3) is 10.9 Å². The fraction of sp³-hybridized carbons (Fsp3) is 0.577. The summed E-state index contributed by atoms with van der Waals surface area (Å²) in [6.45, 7) is 13.5. The zero-order valence-corrected chi connectivity index (χ0v) is 47.7. The zero-order valence-electron chi connectivity index (χ0n) is 46.9. The largest absolute Gasteiger partial charge is 0.444 e. The Morgan fingerprint density at radius 2 is 1.27 bits per heavy atom. The Morgan fingerprint density at radius 1 is 0.675 bits per heavy atom. The molecular weight excluding hydrogens is 1060 g/mol. The first-order chi connectivity index (χ1) is 37.5. The molecule has 2 aromatic heterocycles. The van der Waals surface area contributed by atoms with Crippen LogP contribution in [0.2, 0.25) is 0 Å². The second-order valence-electron chi connectivity index (χ2n) is 21.1. The van der Waals surface area contributed by atoms with Crippen LogP contribution in [0, 0.1) is 11.8 Å². The maximum Gasteiger partial charge on any atom is 0.408 e. The highest BCUT2D eigenvalue weighted by atomic mass is 32.2. The second kappa shape index (κ2) is 31.7. The van der Waals surface area contributed by atoms with E-state index >= 15 is 0 Å². The van der Waals surface area contributed by atoms with Crippen molar-refractivity contribution in [2.75, 3.05) is 18.6 Å². The molecule has 0 aliphatic carbocycles. The molecule has 3 rings (SSSR count). The van der Waals surface area contributed by atoms with Gasteiger partial charge in [0.2, 0.25) is 59.1 Å². The maximum absolute atomic E-state index is 14.2. The molecule has 0 saturated heterocycles. The minimum absolute atomic E-state index is 0.0905. The number of nitrogens with one attached hydrogen (secondary N) is 11. The molecule has 0 aliphatic rings. The minimum atomic E-state index is -1.63. The summed E-state index contributed by atoms with van der Waals surface area (Å²) in [4.78, 5) is 157. The standard InChI is InChI=1S/C52H80N14O13S/c1-26(2)19-36(47(74)61-34(43(54)70)17-18-80-10)63-48(75)38(21-31-23-55-25-58-31)60-40(69)24-57-49(76)41(27(3)4)65-44(71)28(5)59-46(73)37(20-30-22-56-33-14-12-11-13-32(30)33)64-45(72)35(15-16-39(53)68)62-50(77)42(29(6)67)66-51(78)79-52(7,8)9/h11-14,22-23,25-29,34-38,41-42,56,67H,15-21,24H2,1-10H3,(H2,53,68)(H2,54,70)(H,55,58)(H,57,76)(H,59,73)(H,60,69)(H,61,74)(H,62,77)(H,63,75)(H,64,72)(H,65,71)(H,66,78)/t28-,29+,34-,35-,36-,37-,38-,41-,42-/m0/s1. The zero-order chi connectivity index (χ0) is 60.0. The van der Waals surface area contributed by atoms with Crippen molar-refractivity contribution in [3.8, 4) is 0 Å². The van der Waals surface area contributed by atoms with Gasteiger partial charge in [-0.1, -0.05) is 45.9 Å². The molecule has 3 aromatic rings. The summed E-state index contributed by atoms with van der Waals surface area (Å²) in [5.74, 6) is -8.45. The number of thioether (sulfide) groups is 1. The lowest BCUT2D eigenvalue weighted by atomic mass is 10.0. The molecule has 0 bridgehead atoms. The number of carbonyl (C=O) groups is 11. The van der Waals surface area contributed by atoms with E-state index in [1.165, 1.54) is 38.1 Å². The molecule has 0 radical (unpaired) electrons. The number of ether oxygens (including phenoxy) is 1. The number of nitrogens with two attached hydrogens (primary N) is 2. The van der Waals surface area contributed by atoms with Gasteiger partial charge in [0, 0.05) is 48.3 Å². The quantitative estimate of drug-likeness (QED) is 0.0345. The van der Waals surface area contributed by atoms with E-state index in [1.807, 2.05) is 20.1 Å². The van der Waals surface area contributed by atoms with E-state index in [-0.39, 0.29) is 38.0 Å². The summed E-state index contributed by atoms with van der Waals surface area (Å²) >= 11 is 1.46. The lowest BCUT2D eigenvalue weighted by molar-refractivity contribution is -0.135. The normalized spacial score (nSPS) is 14.8. The number of nitrogens with zero attached hydrogens (tertiary/aromatic N) is 1. The smallest absolute Gasteiger partial charge is 0.408 e. The van der Waals surface area contributed by atoms with E-state index in [4.69, 9.17) is 16.2 Å². The molecule has 9 atom stereocenters. The number of H-pyrrole nitrogens is 2. The van der Waals surface area contributed by atoms with Gasteiger partial charge >= 0.3 is 6.09 Å². The van der Waals surface area contributed by atoms with Gasteiger partial charge in [-0.2, -0.15) is 11.8 Å². The number of aromatic nitrogens is 3. The SMILES string of the molecule is CSCC[C@H](NC(=O)[C@H](CC(C)C)NC(=O)[C@H](Cc1cnc[nH]1)NC(=O)CNC(=O)[C@@H](NC(=O)[C@H](C)NC(=O)[C@H](Cc1c[nH]c2ccccc12)NC(=O)[C@H](CCC(N)=O)NC(=O)[C@@H](NC(=O)OC(C)(C)C)[C@@H](C)O)C(C)C)C(N)=O. The summed E-state index contributed by atoms with van der Waals surface area (Å²) in [5.41, 5.74) is 11.7. The molecule has 11 amide bonds. The molecule has 0 unspecified atom stereocenters. The first-order valence-electron chi connectivity index (χ1n) is 26.2. The molecule has 0 fully saturated rings. The summed E-state index contributed by atoms with van der Waals surface area (Å²) < 4.78 is 5.22. The number of rotatable bonds is 32. The second-order valence-corrected chi connectivity index (χ2v) is 22.1. The van der Waals surface area contributed by atoms with E-state index in [9.17, 15) is 57.8 Å². The number of imidazole rings is 1. The number of aliphatic hydroxyl groups is 1. The number of hydrogen-bond donors (Lipinski definition) is 14. The van der Waals surface area contributed by atoms with Gasteiger partial charge in [0.25, 0.3) is 0 Å². The number of benzene rings is 1. The van der Waals surface area contributed by atoms with Crippen LogP contribution in [0.5, 0.6) is 0 Å². The first-order valence-corrected chi connectivity index (χ1v) is 27.5. The predicted octanol–water partition coefficient (Wildman–Crippen LogP) is -1.31. The van der Waals surface area contributed by atoms with E-state index < -0.39 is 144 Å². The minimum Gasteiger partial charge on any atom is -0.444 e. The highest BCUT2D eigenvalue weighted by molar-refractivity contribution is 7.98. The van der Waals surface area contributed by atoms with Crippen molar-refractivity contribution in [1.29, 1.82) is 0 Å². The van der Waals surface area contributed by atoms with Crippen LogP contribution >= 0.6 is 11.8 Å². The summed E-state index contributed by atoms with van der Waals surface area (Å²) in [6, 6.07) is -3.57. The number of amides is 11. The topological polar surface area (TPSA) is 422 Å². The molecule has 1 aromatic carbocycles. The van der Waals surface area contributed by atoms with Crippen molar-refractivity contribution in [3.63, 3.8) is 0 Å². The third-order valence-electron chi connectivity index (χ3n) is 12.1. The molecule has 16 N–H and O–H groups in total. The molecule has 80 heavy (non-hydrogen) atoms. The summed E-state index contributed by atoms with van der Waals surface area (Å²) in [7, 11) is 0. The number of aliphatic hydroxyl groups excluding tert-OH is 1. The van der Waals surface area contributed by atoms with Gasteiger partial charge in [-0.05, 0) is 89.4 Å². The van der Waals surface area contributed by atoms with E-state index in [2.05, 4.69) is 62.8 Å². The molecule has 28 heteroatoms. The summed E-state index contributed by atoms with van der Waals surface area (Å²) in [6.07, 6.45) is 3.12. The Balaban J connectivity index is 1.79. The van der Waals surface area contributed by atoms with Crippen LogP contribution in [-0.2, 0) is 65.5 Å². The Kier molecular flexibility index (Phi) is 26.4. The molecule has 2 heterocycles. The van der Waals surface area contributed by atoms with Crippen molar-refractivity contribution < 1.29 is 62.6 Å². The van der Waals surface area contributed by atoms with Gasteiger partial charge < -0.3 is 79.1 Å². The molecule has 27 nitrogen and oxygen atoms in total. The number of hydrogen-bond acceptors (Lipinski definition) is 15. The number of carbonyl (C=O) groups excluding carboxylic acids is 11. The Morgan fingerprint density at radius 3 is 1.86 bits per heavy atom. The molecular formula is C52H80N14O13S. The monoisotopic (exact) mass is 1140 g/mol. The van der Waals surface area contributed by atoms with Crippen LogP contribution < -0.4 is 59.3 Å². The van der Waals surface area contributed by atoms with Gasteiger partial charge in [-0.25, -0.2) is 9.78 Å². The van der Waals surface area contributed by atoms with Crippen molar-refractivity contribution in [2.45, 2.75) is 161 Å². The Labute approximate surface area is 468 Å². The van der Waals surface area contributed by atoms with E-state index in [1.54, 1.807) is 65.1 Å². The maximum atomic E-state index is 14.2. The average Bonchev–Trinajstić information content (AvgIpc) is 4.05. The first kappa shape index (κ1) is 66.5. The summed E-state index contributed by atoms with van der Waals surface area (Å²) in [5, 5.41) is 34.0. The number of para-hydroxylation sites is 1. The van der Waals surface area contributed by atoms with Gasteiger partial charge in [0.15, 0.2) is 0 Å². The lowest BCUT2D eigenvalue weighted by Crippen LogP contribution is -2.60. The van der Waals surface area contributed by atoms with E-state index in [0.717, 1.165) is 0 Å². The average molecular weight is 1140 g/mol. The van der Waals surface area contributed by atoms with Gasteiger partial charge in [-0.3, -0.25) is 47.9 Å². The van der Waals surface area contributed by atoms with Gasteiger partial charge in [-0.15, -0.1) is 0 Å². The number of alkyl carbamates (subject to hydrolysis) is 1. The predicted molar refractivity (Wildman–Crippen MR) is 296 cm³/mol. The van der Waals surface area contributed by atoms with Gasteiger partial charge in [0.05, 0.1) is 19.0 Å². The van der Waals surface area contributed by atoms with E-state index in [0.29, 0.717) is 27.9 Å². The van der Waals surface area contributed by atoms with Crippen LogP contribution in [0.3, 0.4) is 0 Å². The van der Waals surface area contributed by atoms with Crippen molar-refractivity contribution in [3.05, 3.63) is 54.2 Å². The van der Waals surface area contributed by atoms with Gasteiger partial charge in [0.1, 0.15) is 53.9 Å². The highest BCUT2D eigenvalue weighted by Crippen LogP contribution is 2.20. The van der Waals surface area contributed by atoms with Crippen molar-refractivity contribution >= 4 is 87.8 Å². The van der Waals surface area contributed by atoms with Crippen LogP contribution in [0.1, 0.15) is 99.3 Å². The molecule has 0 aliphatic heterocycles. The fourth-order valence-electron chi connectivity index (χ4n) is 7.97. The van der Waals surface area contributed by atoms with Crippen LogP contribution in [0.4, 0.5) is 4.79 Å². The Hall–Kier alpha value is -7.75. The number of aromatic amines is 2. The molecule has 0 saturated carbocycles. The Bertz CT molecular complexity index is 2620. The highest BCUT2D eigenvalue weighted by Gasteiger charge is 2.36. The fourth-order valence-corrected chi connectivity index (χ4v) is 8.44. The van der Waals surface area contributed by atoms with Crippen LogP contribution in [0.15, 0.2) is 43.0 Å².